The van der Waals surface area contributed by atoms with E-state index in [9.17, 15) is 9.18 Å². The molecule has 0 bridgehead atoms. The van der Waals surface area contributed by atoms with Crippen LogP contribution in [0.5, 0.6) is 0 Å². The van der Waals surface area contributed by atoms with E-state index in [2.05, 4.69) is 9.88 Å². The second-order valence-corrected chi connectivity index (χ2v) is 8.20. The number of hydrogen-bond acceptors (Lipinski definition) is 3. The van der Waals surface area contributed by atoms with Crippen LogP contribution in [-0.4, -0.2) is 41.5 Å². The highest BCUT2D eigenvalue weighted by molar-refractivity contribution is 6.30. The summed E-state index contributed by atoms with van der Waals surface area (Å²) in [5.74, 6) is 0.322. The van der Waals surface area contributed by atoms with E-state index in [0.717, 1.165) is 38.6 Å². The Labute approximate surface area is 153 Å². The van der Waals surface area contributed by atoms with E-state index in [1.165, 1.54) is 31.5 Å². The summed E-state index contributed by atoms with van der Waals surface area (Å²) in [6.07, 6.45) is 10.1. The van der Waals surface area contributed by atoms with Crippen molar-refractivity contribution in [2.75, 3.05) is 24.5 Å². The smallest absolute Gasteiger partial charge is 0.229 e. The third kappa shape index (κ3) is 3.12. The monoisotopic (exact) mass is 365 g/mol. The van der Waals surface area contributed by atoms with E-state index < -0.39 is 0 Å². The van der Waals surface area contributed by atoms with Crippen LogP contribution in [0, 0.1) is 11.2 Å². The molecule has 0 radical (unpaired) electrons. The van der Waals surface area contributed by atoms with E-state index in [1.54, 1.807) is 0 Å². The van der Waals surface area contributed by atoms with Crippen molar-refractivity contribution in [1.29, 1.82) is 0 Å². The van der Waals surface area contributed by atoms with Gasteiger partial charge in [0, 0.05) is 31.9 Å². The zero-order valence-corrected chi connectivity index (χ0v) is 15.3. The van der Waals surface area contributed by atoms with Crippen molar-refractivity contribution >= 4 is 23.3 Å². The molecule has 2 saturated heterocycles. The van der Waals surface area contributed by atoms with Crippen LogP contribution in [0.3, 0.4) is 0 Å². The standard InChI is InChI=1S/C19H25ClFN3O/c20-14-12-16(21)17(22-13-14)23-9-6-19(7-10-23)8-11-24(18(19)25)15-4-2-1-3-5-15/h12-13,15H,1-11H2. The molecule has 25 heavy (non-hydrogen) atoms. The summed E-state index contributed by atoms with van der Waals surface area (Å²) in [6, 6.07) is 1.76. The summed E-state index contributed by atoms with van der Waals surface area (Å²) in [4.78, 5) is 21.4. The number of pyridine rings is 1. The molecule has 1 saturated carbocycles. The topological polar surface area (TPSA) is 36.4 Å². The van der Waals surface area contributed by atoms with Gasteiger partial charge in [-0.25, -0.2) is 9.37 Å². The molecule has 0 atom stereocenters. The van der Waals surface area contributed by atoms with E-state index in [1.807, 2.05) is 4.90 Å². The van der Waals surface area contributed by atoms with Crippen molar-refractivity contribution in [1.82, 2.24) is 9.88 Å². The van der Waals surface area contributed by atoms with Crippen molar-refractivity contribution < 1.29 is 9.18 Å². The molecular formula is C19H25ClFN3O. The van der Waals surface area contributed by atoms with Gasteiger partial charge >= 0.3 is 0 Å². The number of aromatic nitrogens is 1. The summed E-state index contributed by atoms with van der Waals surface area (Å²) in [5, 5.41) is 0.309. The molecule has 136 valence electrons. The number of likely N-dealkylation sites (tertiary alicyclic amines) is 1. The third-order valence-corrected chi connectivity index (χ3v) is 6.58. The van der Waals surface area contributed by atoms with Crippen molar-refractivity contribution in [3.05, 3.63) is 23.1 Å². The highest BCUT2D eigenvalue weighted by Gasteiger charge is 2.49. The molecule has 1 aromatic rings. The molecule has 2 aliphatic heterocycles. The van der Waals surface area contributed by atoms with E-state index in [4.69, 9.17) is 11.6 Å². The van der Waals surface area contributed by atoms with Crippen molar-refractivity contribution in [2.24, 2.45) is 5.41 Å². The molecule has 1 aliphatic carbocycles. The predicted octanol–water partition coefficient (Wildman–Crippen LogP) is 4.03. The molecule has 1 amide bonds. The van der Waals surface area contributed by atoms with Gasteiger partial charge in [-0.15, -0.1) is 0 Å². The number of anilines is 1. The maximum Gasteiger partial charge on any atom is 0.229 e. The first-order chi connectivity index (χ1) is 12.1. The number of rotatable bonds is 2. The fourth-order valence-corrected chi connectivity index (χ4v) is 4.98. The van der Waals surface area contributed by atoms with Gasteiger partial charge in [0.15, 0.2) is 11.6 Å². The molecule has 6 heteroatoms. The van der Waals surface area contributed by atoms with E-state index in [0.29, 0.717) is 35.9 Å². The maximum atomic E-state index is 14.1. The first-order valence-corrected chi connectivity index (χ1v) is 9.84. The Morgan fingerprint density at radius 3 is 2.48 bits per heavy atom. The van der Waals surface area contributed by atoms with Gasteiger partial charge in [0.25, 0.3) is 0 Å². The lowest BCUT2D eigenvalue weighted by Gasteiger charge is -2.39. The van der Waals surface area contributed by atoms with Gasteiger partial charge in [-0.1, -0.05) is 30.9 Å². The summed E-state index contributed by atoms with van der Waals surface area (Å²) in [7, 11) is 0. The van der Waals surface area contributed by atoms with Gasteiger partial charge in [0.1, 0.15) is 0 Å². The Morgan fingerprint density at radius 1 is 1.12 bits per heavy atom. The normalized spacial score (nSPS) is 24.3. The minimum absolute atomic E-state index is 0.225. The van der Waals surface area contributed by atoms with Crippen LogP contribution >= 0.6 is 11.6 Å². The minimum Gasteiger partial charge on any atom is -0.354 e. The lowest BCUT2D eigenvalue weighted by molar-refractivity contribution is -0.139. The van der Waals surface area contributed by atoms with Gasteiger partial charge in [0.2, 0.25) is 5.91 Å². The van der Waals surface area contributed by atoms with Gasteiger partial charge in [-0.3, -0.25) is 4.79 Å². The van der Waals surface area contributed by atoms with Crippen LogP contribution < -0.4 is 4.90 Å². The summed E-state index contributed by atoms with van der Waals surface area (Å²) < 4.78 is 14.1. The Kier molecular flexibility index (Phi) is 4.61. The molecule has 0 aromatic carbocycles. The predicted molar refractivity (Wildman–Crippen MR) is 96.3 cm³/mol. The van der Waals surface area contributed by atoms with Gasteiger partial charge in [-0.05, 0) is 38.2 Å². The first-order valence-electron chi connectivity index (χ1n) is 9.46. The SMILES string of the molecule is O=C1N(C2CCCCC2)CCC12CCN(c1ncc(Cl)cc1F)CC2. The van der Waals surface area contributed by atoms with E-state index in [-0.39, 0.29) is 11.2 Å². The molecule has 4 nitrogen and oxygen atoms in total. The quantitative estimate of drug-likeness (QED) is 0.794. The zero-order valence-electron chi connectivity index (χ0n) is 14.5. The lowest BCUT2D eigenvalue weighted by Crippen LogP contribution is -2.47. The zero-order chi connectivity index (χ0) is 17.4. The molecule has 1 spiro atoms. The first kappa shape index (κ1) is 17.1. The number of piperidine rings is 1. The average Bonchev–Trinajstić information content (AvgIpc) is 2.93. The number of halogens is 2. The second-order valence-electron chi connectivity index (χ2n) is 7.77. The highest BCUT2D eigenvalue weighted by Crippen LogP contribution is 2.44. The Bertz CT molecular complexity index is 654. The van der Waals surface area contributed by atoms with E-state index >= 15 is 0 Å². The number of hydrogen-bond donors (Lipinski definition) is 0. The largest absolute Gasteiger partial charge is 0.354 e. The highest BCUT2D eigenvalue weighted by atomic mass is 35.5. The van der Waals surface area contributed by atoms with Crippen LogP contribution in [0.4, 0.5) is 10.2 Å². The summed E-state index contributed by atoms with van der Waals surface area (Å²) in [6.45, 7) is 2.25. The van der Waals surface area contributed by atoms with Crippen molar-refractivity contribution in [2.45, 2.75) is 57.4 Å². The maximum absolute atomic E-state index is 14.1. The molecule has 3 fully saturated rings. The minimum atomic E-state index is -0.384. The third-order valence-electron chi connectivity index (χ3n) is 6.37. The molecule has 4 rings (SSSR count). The fourth-order valence-electron chi connectivity index (χ4n) is 4.84. The van der Waals surface area contributed by atoms with Crippen LogP contribution in [0.2, 0.25) is 5.02 Å². The Morgan fingerprint density at radius 2 is 1.80 bits per heavy atom. The van der Waals surface area contributed by atoms with Gasteiger partial charge in [0.05, 0.1) is 10.4 Å². The summed E-state index contributed by atoms with van der Waals surface area (Å²) >= 11 is 5.79. The Balaban J connectivity index is 1.43. The number of amides is 1. The molecule has 3 heterocycles. The second kappa shape index (κ2) is 6.75. The molecule has 0 N–H and O–H groups in total. The molecule has 1 aromatic heterocycles. The van der Waals surface area contributed by atoms with Gasteiger partial charge in [-0.2, -0.15) is 0 Å². The van der Waals surface area contributed by atoms with Crippen LogP contribution in [0.15, 0.2) is 12.3 Å². The van der Waals surface area contributed by atoms with Crippen LogP contribution in [0.25, 0.3) is 0 Å². The molecular weight excluding hydrogens is 341 g/mol. The number of carbonyl (C=O) groups excluding carboxylic acids is 1. The number of carbonyl (C=O) groups is 1. The average molecular weight is 366 g/mol. The van der Waals surface area contributed by atoms with Crippen LogP contribution in [0.1, 0.15) is 51.4 Å². The summed E-state index contributed by atoms with van der Waals surface area (Å²) in [5.41, 5.74) is -0.225. The van der Waals surface area contributed by atoms with Crippen molar-refractivity contribution in [3.63, 3.8) is 0 Å². The Hall–Kier alpha value is -1.36. The molecule has 3 aliphatic rings. The van der Waals surface area contributed by atoms with Crippen LogP contribution in [-0.2, 0) is 4.79 Å². The van der Waals surface area contributed by atoms with Gasteiger partial charge < -0.3 is 9.80 Å². The lowest BCUT2D eigenvalue weighted by atomic mass is 9.77. The number of nitrogens with zero attached hydrogens (tertiary/aromatic N) is 3. The molecule has 0 unspecified atom stereocenters. The fraction of sp³-hybridized carbons (Fsp3) is 0.684. The van der Waals surface area contributed by atoms with Crippen molar-refractivity contribution in [3.8, 4) is 0 Å².